The van der Waals surface area contributed by atoms with E-state index in [1.807, 2.05) is 0 Å². The Morgan fingerprint density at radius 1 is 1.67 bits per heavy atom. The normalized spacial score (nSPS) is 25.7. The number of hydrogen-bond acceptors (Lipinski definition) is 3. The summed E-state index contributed by atoms with van der Waals surface area (Å²) < 4.78 is 30.9. The zero-order valence-corrected chi connectivity index (χ0v) is 8.58. The van der Waals surface area contributed by atoms with Crippen molar-refractivity contribution < 1.29 is 23.4 Å². The molecular weight excluding hydrogens is 208 g/mol. The lowest BCUT2D eigenvalue weighted by molar-refractivity contribution is -0.137. The summed E-state index contributed by atoms with van der Waals surface area (Å²) in [7, 11) is 1.45. The Kier molecular flexibility index (Phi) is 3.98. The lowest BCUT2D eigenvalue weighted by atomic mass is 10.2. The lowest BCUT2D eigenvalue weighted by Crippen LogP contribution is -2.35. The molecular formula is C9H15F2NO3. The number of methoxy groups -OCH3 is 1. The molecule has 0 aromatic carbocycles. The van der Waals surface area contributed by atoms with Crippen molar-refractivity contribution in [1.29, 1.82) is 0 Å². The van der Waals surface area contributed by atoms with Crippen LogP contribution < -0.4 is 0 Å². The van der Waals surface area contributed by atoms with Gasteiger partial charge in [0.25, 0.3) is 5.92 Å². The van der Waals surface area contributed by atoms with Crippen molar-refractivity contribution in [3.8, 4) is 0 Å². The van der Waals surface area contributed by atoms with Crippen LogP contribution in [0, 0.1) is 0 Å². The molecule has 1 N–H and O–H groups in total. The van der Waals surface area contributed by atoms with E-state index in [1.54, 1.807) is 0 Å². The second-order valence-corrected chi connectivity index (χ2v) is 3.78. The number of rotatable bonds is 5. The number of carboxylic acids is 1. The third kappa shape index (κ3) is 3.71. The summed E-state index contributed by atoms with van der Waals surface area (Å²) in [6, 6.07) is -0.371. The topological polar surface area (TPSA) is 49.8 Å². The number of hydrogen-bond donors (Lipinski definition) is 1. The quantitative estimate of drug-likeness (QED) is 0.749. The average Bonchev–Trinajstić information content (AvgIpc) is 2.38. The molecule has 4 nitrogen and oxygen atoms in total. The summed E-state index contributed by atoms with van der Waals surface area (Å²) in [5.41, 5.74) is 0. The van der Waals surface area contributed by atoms with Gasteiger partial charge in [0.1, 0.15) is 0 Å². The first-order chi connectivity index (χ1) is 6.94. The van der Waals surface area contributed by atoms with Gasteiger partial charge in [-0.05, 0) is 0 Å². The van der Waals surface area contributed by atoms with Crippen LogP contribution in [0.2, 0.25) is 0 Å². The summed E-state index contributed by atoms with van der Waals surface area (Å²) >= 11 is 0. The summed E-state index contributed by atoms with van der Waals surface area (Å²) in [6.45, 7) is 0.00245. The molecule has 88 valence electrons. The summed E-state index contributed by atoms with van der Waals surface area (Å²) in [6.07, 6.45) is -0.364. The lowest BCUT2D eigenvalue weighted by Gasteiger charge is -2.21. The standard InChI is InChI=1S/C9H15F2NO3/c1-15-5-7-4-9(10,11)6-12(7)3-2-8(13)14/h7H,2-6H2,1H3,(H,13,14)/t7-/m0/s1. The van der Waals surface area contributed by atoms with Gasteiger partial charge in [-0.25, -0.2) is 8.78 Å². The van der Waals surface area contributed by atoms with Gasteiger partial charge >= 0.3 is 5.97 Å². The zero-order chi connectivity index (χ0) is 11.5. The Hall–Kier alpha value is -0.750. The van der Waals surface area contributed by atoms with Gasteiger partial charge in [-0.15, -0.1) is 0 Å². The van der Waals surface area contributed by atoms with Gasteiger partial charge in [0.05, 0.1) is 19.6 Å². The van der Waals surface area contributed by atoms with E-state index < -0.39 is 11.9 Å². The van der Waals surface area contributed by atoms with Gasteiger partial charge in [-0.1, -0.05) is 0 Å². The number of aliphatic carboxylic acids is 1. The number of carbonyl (C=O) groups is 1. The van der Waals surface area contributed by atoms with E-state index in [1.165, 1.54) is 12.0 Å². The molecule has 0 unspecified atom stereocenters. The molecule has 0 aliphatic carbocycles. The van der Waals surface area contributed by atoms with E-state index in [0.29, 0.717) is 0 Å². The van der Waals surface area contributed by atoms with E-state index in [-0.39, 0.29) is 38.6 Å². The minimum Gasteiger partial charge on any atom is -0.481 e. The molecule has 0 amide bonds. The number of alkyl halides is 2. The summed E-state index contributed by atoms with van der Waals surface area (Å²) in [4.78, 5) is 11.8. The zero-order valence-electron chi connectivity index (χ0n) is 8.58. The minimum atomic E-state index is -2.72. The van der Waals surface area contributed by atoms with Crippen LogP contribution in [0.25, 0.3) is 0 Å². The van der Waals surface area contributed by atoms with Gasteiger partial charge in [0.2, 0.25) is 0 Å². The fraction of sp³-hybridized carbons (Fsp3) is 0.889. The maximum Gasteiger partial charge on any atom is 0.304 e. The van der Waals surface area contributed by atoms with Gasteiger partial charge in [0, 0.05) is 26.1 Å². The largest absolute Gasteiger partial charge is 0.481 e. The predicted octanol–water partition coefficient (Wildman–Crippen LogP) is 0.817. The highest BCUT2D eigenvalue weighted by Crippen LogP contribution is 2.31. The van der Waals surface area contributed by atoms with Gasteiger partial charge in [-0.3, -0.25) is 9.69 Å². The first kappa shape index (κ1) is 12.3. The average molecular weight is 223 g/mol. The van der Waals surface area contributed by atoms with Crippen LogP contribution in [0.3, 0.4) is 0 Å². The van der Waals surface area contributed by atoms with E-state index in [0.717, 1.165) is 0 Å². The van der Waals surface area contributed by atoms with Crippen molar-refractivity contribution >= 4 is 5.97 Å². The molecule has 1 saturated heterocycles. The molecule has 1 atom stereocenters. The van der Waals surface area contributed by atoms with Crippen molar-refractivity contribution in [2.45, 2.75) is 24.8 Å². The molecule has 6 heteroatoms. The SMILES string of the molecule is COC[C@@H]1CC(F)(F)CN1CCC(=O)O. The highest BCUT2D eigenvalue weighted by atomic mass is 19.3. The molecule has 0 spiro atoms. The van der Waals surface area contributed by atoms with Gasteiger partial charge in [0.15, 0.2) is 0 Å². The molecule has 1 aliphatic heterocycles. The second kappa shape index (κ2) is 4.85. The van der Waals surface area contributed by atoms with Crippen molar-refractivity contribution in [1.82, 2.24) is 4.90 Å². The fourth-order valence-electron chi connectivity index (χ4n) is 1.82. The van der Waals surface area contributed by atoms with E-state index in [4.69, 9.17) is 9.84 Å². The molecule has 0 radical (unpaired) electrons. The summed E-state index contributed by atoms with van der Waals surface area (Å²) in [5, 5.41) is 8.47. The smallest absolute Gasteiger partial charge is 0.304 e. The monoisotopic (exact) mass is 223 g/mol. The number of likely N-dealkylation sites (tertiary alicyclic amines) is 1. The number of carboxylic acid groups (broad SMARTS) is 1. The van der Waals surface area contributed by atoms with Crippen LogP contribution in [-0.2, 0) is 9.53 Å². The number of halogens is 2. The molecule has 1 aliphatic rings. The molecule has 1 rings (SSSR count). The molecule has 1 heterocycles. The van der Waals surface area contributed by atoms with Gasteiger partial charge < -0.3 is 9.84 Å². The maximum absolute atomic E-state index is 13.0. The Labute approximate surface area is 86.8 Å². The van der Waals surface area contributed by atoms with Crippen molar-refractivity contribution in [3.63, 3.8) is 0 Å². The maximum atomic E-state index is 13.0. The Morgan fingerprint density at radius 3 is 2.87 bits per heavy atom. The van der Waals surface area contributed by atoms with Gasteiger partial charge in [-0.2, -0.15) is 0 Å². The minimum absolute atomic E-state index is 0.115. The molecule has 1 fully saturated rings. The third-order valence-electron chi connectivity index (χ3n) is 2.46. The highest BCUT2D eigenvalue weighted by Gasteiger charge is 2.44. The molecule has 0 aromatic heterocycles. The molecule has 0 bridgehead atoms. The fourth-order valence-corrected chi connectivity index (χ4v) is 1.82. The van der Waals surface area contributed by atoms with Crippen molar-refractivity contribution in [2.24, 2.45) is 0 Å². The number of ether oxygens (including phenoxy) is 1. The first-order valence-corrected chi connectivity index (χ1v) is 4.77. The number of nitrogens with zero attached hydrogens (tertiary/aromatic N) is 1. The Bertz CT molecular complexity index is 235. The van der Waals surface area contributed by atoms with Crippen molar-refractivity contribution in [3.05, 3.63) is 0 Å². The third-order valence-corrected chi connectivity index (χ3v) is 2.46. The van der Waals surface area contributed by atoms with Crippen LogP contribution in [0.15, 0.2) is 0 Å². The highest BCUT2D eigenvalue weighted by molar-refractivity contribution is 5.66. The molecule has 15 heavy (non-hydrogen) atoms. The van der Waals surface area contributed by atoms with E-state index in [9.17, 15) is 13.6 Å². The summed E-state index contributed by atoms with van der Waals surface area (Å²) in [5.74, 6) is -3.69. The second-order valence-electron chi connectivity index (χ2n) is 3.78. The van der Waals surface area contributed by atoms with Crippen LogP contribution in [0.4, 0.5) is 8.78 Å². The Morgan fingerprint density at radius 2 is 2.33 bits per heavy atom. The predicted molar refractivity (Wildman–Crippen MR) is 49.1 cm³/mol. The van der Waals surface area contributed by atoms with Crippen molar-refractivity contribution in [2.75, 3.05) is 26.8 Å². The van der Waals surface area contributed by atoms with Crippen LogP contribution in [0.1, 0.15) is 12.8 Å². The van der Waals surface area contributed by atoms with Crippen LogP contribution in [0.5, 0.6) is 0 Å². The van der Waals surface area contributed by atoms with E-state index >= 15 is 0 Å². The van der Waals surface area contributed by atoms with Crippen LogP contribution >= 0.6 is 0 Å². The Balaban J connectivity index is 2.49. The molecule has 0 saturated carbocycles. The van der Waals surface area contributed by atoms with Crippen LogP contribution in [-0.4, -0.2) is 54.7 Å². The van der Waals surface area contributed by atoms with E-state index in [2.05, 4.69) is 0 Å². The molecule has 0 aromatic rings. The first-order valence-electron chi connectivity index (χ1n) is 4.77.